The summed E-state index contributed by atoms with van der Waals surface area (Å²) >= 11 is 0. The minimum absolute atomic E-state index is 0.00677. The molecule has 8 nitrogen and oxygen atoms in total. The van der Waals surface area contributed by atoms with E-state index >= 15 is 0 Å². The molecule has 1 aromatic heterocycles. The molecule has 0 atom stereocenters. The summed E-state index contributed by atoms with van der Waals surface area (Å²) in [6.45, 7) is 8.94. The third kappa shape index (κ3) is 6.79. The molecule has 202 valence electrons. The van der Waals surface area contributed by atoms with Crippen LogP contribution >= 0.6 is 0 Å². The second-order valence-corrected chi connectivity index (χ2v) is 10.7. The van der Waals surface area contributed by atoms with E-state index in [9.17, 15) is 9.59 Å². The van der Waals surface area contributed by atoms with Gasteiger partial charge in [-0.1, -0.05) is 43.3 Å². The van der Waals surface area contributed by atoms with Crippen LogP contribution in [0.2, 0.25) is 0 Å². The predicted molar refractivity (Wildman–Crippen MR) is 149 cm³/mol. The van der Waals surface area contributed by atoms with Gasteiger partial charge in [0.1, 0.15) is 0 Å². The van der Waals surface area contributed by atoms with Crippen molar-refractivity contribution in [3.05, 3.63) is 65.0 Å². The van der Waals surface area contributed by atoms with Gasteiger partial charge < -0.3 is 19.6 Å². The smallest absolute Gasteiger partial charge is 0.242 e. The molecule has 1 N–H and O–H groups in total. The van der Waals surface area contributed by atoms with Gasteiger partial charge in [0.25, 0.3) is 0 Å². The van der Waals surface area contributed by atoms with Crippen LogP contribution in [0, 0.1) is 19.8 Å². The molecule has 1 heterocycles. The van der Waals surface area contributed by atoms with E-state index < -0.39 is 0 Å². The van der Waals surface area contributed by atoms with Crippen LogP contribution in [-0.2, 0) is 22.4 Å². The van der Waals surface area contributed by atoms with Crippen molar-refractivity contribution in [3.8, 4) is 11.4 Å². The van der Waals surface area contributed by atoms with Gasteiger partial charge in [0.15, 0.2) is 0 Å². The number of carbonyl (C=O) groups is 2. The molecule has 1 aliphatic rings. The van der Waals surface area contributed by atoms with Gasteiger partial charge >= 0.3 is 0 Å². The predicted octanol–water partition coefficient (Wildman–Crippen LogP) is 4.34. The molecule has 4 rings (SSSR count). The van der Waals surface area contributed by atoms with E-state index in [1.165, 1.54) is 11.1 Å². The first-order valence-corrected chi connectivity index (χ1v) is 13.5. The number of rotatable bonds is 11. The lowest BCUT2D eigenvalue weighted by Gasteiger charge is -2.30. The van der Waals surface area contributed by atoms with Crippen molar-refractivity contribution in [3.63, 3.8) is 0 Å². The molecule has 1 aliphatic carbocycles. The minimum atomic E-state index is -0.0882. The number of hydrogen-bond acceptors (Lipinski definition) is 6. The number of nitrogens with one attached hydrogen (secondary N) is 1. The largest absolute Gasteiger partial charge is 0.355 e. The summed E-state index contributed by atoms with van der Waals surface area (Å²) in [5.74, 6) is 1.52. The molecule has 0 unspecified atom stereocenters. The molecule has 0 aliphatic heterocycles. The molecule has 2 amide bonds. The Kier molecular flexibility index (Phi) is 8.81. The number of aromatic nitrogens is 2. The Morgan fingerprint density at radius 2 is 1.79 bits per heavy atom. The van der Waals surface area contributed by atoms with Crippen molar-refractivity contribution in [2.24, 2.45) is 5.92 Å². The van der Waals surface area contributed by atoms with Gasteiger partial charge in [0.05, 0.1) is 13.1 Å². The van der Waals surface area contributed by atoms with Crippen LogP contribution in [0.1, 0.15) is 49.3 Å². The number of fused-ring (bicyclic) bond motifs is 1. The molecule has 0 spiro atoms. The maximum Gasteiger partial charge on any atom is 0.242 e. The van der Waals surface area contributed by atoms with Gasteiger partial charge in [-0.2, -0.15) is 4.98 Å². The van der Waals surface area contributed by atoms with E-state index in [4.69, 9.17) is 4.52 Å². The highest BCUT2D eigenvalue weighted by atomic mass is 16.5. The Morgan fingerprint density at radius 1 is 1.08 bits per heavy atom. The molecule has 38 heavy (non-hydrogen) atoms. The molecule has 0 bridgehead atoms. The molecule has 0 fully saturated rings. The quantitative estimate of drug-likeness (QED) is 0.381. The molecule has 0 saturated heterocycles. The van der Waals surface area contributed by atoms with Crippen molar-refractivity contribution in [1.82, 2.24) is 20.4 Å². The lowest BCUT2D eigenvalue weighted by atomic mass is 10.1. The maximum absolute atomic E-state index is 13.5. The van der Waals surface area contributed by atoms with Crippen molar-refractivity contribution in [2.45, 2.75) is 59.4 Å². The second kappa shape index (κ2) is 12.2. The number of likely N-dealkylation sites (N-methyl/N-ethyl adjacent to an activating group) is 1. The topological polar surface area (TPSA) is 91.6 Å². The van der Waals surface area contributed by atoms with Crippen molar-refractivity contribution < 1.29 is 14.1 Å². The number of aryl methyl sites for hydroxylation is 2. The normalized spacial score (nSPS) is 13.0. The van der Waals surface area contributed by atoms with Gasteiger partial charge in [-0.15, -0.1) is 0 Å². The van der Waals surface area contributed by atoms with Gasteiger partial charge in [-0.25, -0.2) is 0 Å². The van der Waals surface area contributed by atoms with Gasteiger partial charge in [-0.3, -0.25) is 9.59 Å². The van der Waals surface area contributed by atoms with E-state index in [1.54, 1.807) is 6.92 Å². The summed E-state index contributed by atoms with van der Waals surface area (Å²) in [4.78, 5) is 34.5. The van der Waals surface area contributed by atoms with Crippen molar-refractivity contribution in [1.29, 1.82) is 0 Å². The van der Waals surface area contributed by atoms with Crippen LogP contribution in [0.3, 0.4) is 0 Å². The molecular weight excluding hydrogens is 478 g/mol. The summed E-state index contributed by atoms with van der Waals surface area (Å²) in [6.07, 6.45) is 3.71. The highest BCUT2D eigenvalue weighted by molar-refractivity contribution is 5.87. The molecule has 0 saturated carbocycles. The highest BCUT2D eigenvalue weighted by Gasteiger charge is 2.29. The summed E-state index contributed by atoms with van der Waals surface area (Å²) in [7, 11) is 1.87. The van der Waals surface area contributed by atoms with E-state index in [0.29, 0.717) is 24.2 Å². The third-order valence-electron chi connectivity index (χ3n) is 7.23. The summed E-state index contributed by atoms with van der Waals surface area (Å²) < 4.78 is 5.13. The second-order valence-electron chi connectivity index (χ2n) is 10.7. The molecule has 8 heteroatoms. The number of hydrogen-bond donors (Lipinski definition) is 1. The Balaban J connectivity index is 1.49. The van der Waals surface area contributed by atoms with Gasteiger partial charge in [0.2, 0.25) is 23.5 Å². The highest BCUT2D eigenvalue weighted by Crippen LogP contribution is 2.27. The van der Waals surface area contributed by atoms with Crippen LogP contribution in [0.25, 0.3) is 11.4 Å². The number of benzene rings is 2. The fourth-order valence-corrected chi connectivity index (χ4v) is 5.05. The monoisotopic (exact) mass is 517 g/mol. The number of amides is 2. The average molecular weight is 518 g/mol. The molecular formula is C30H39N5O3. The number of anilines is 1. The van der Waals surface area contributed by atoms with Crippen molar-refractivity contribution in [2.75, 3.05) is 31.6 Å². The Morgan fingerprint density at radius 3 is 2.39 bits per heavy atom. The lowest BCUT2D eigenvalue weighted by molar-refractivity contribution is -0.130. The van der Waals surface area contributed by atoms with Crippen molar-refractivity contribution >= 4 is 17.5 Å². The zero-order valence-corrected chi connectivity index (χ0v) is 23.2. The first-order chi connectivity index (χ1) is 18.2. The molecule has 3 aromatic rings. The Labute approximate surface area is 225 Å². The maximum atomic E-state index is 13.5. The first kappa shape index (κ1) is 27.4. The van der Waals surface area contributed by atoms with Crippen LogP contribution < -0.4 is 10.2 Å². The average Bonchev–Trinajstić information content (AvgIpc) is 3.52. The zero-order chi connectivity index (χ0) is 27.2. The molecule has 2 aromatic carbocycles. The van der Waals surface area contributed by atoms with Crippen LogP contribution in [0.5, 0.6) is 0 Å². The van der Waals surface area contributed by atoms with Crippen LogP contribution in [0.4, 0.5) is 5.69 Å². The van der Waals surface area contributed by atoms with E-state index in [2.05, 4.69) is 41.4 Å². The number of nitrogens with zero attached hydrogens (tertiary/aromatic N) is 4. The molecule has 0 radical (unpaired) electrons. The van der Waals surface area contributed by atoms with Gasteiger partial charge in [-0.05, 0) is 73.4 Å². The van der Waals surface area contributed by atoms with Gasteiger partial charge in [0, 0.05) is 37.8 Å². The first-order valence-electron chi connectivity index (χ1n) is 13.5. The Hall–Kier alpha value is -3.68. The standard InChI is InChI=1S/C30H39N5O3/c1-20(2)9-8-14-31-28(36)18-35(27-13-12-25(15-21(27)3)30-32-22(4)38-33-30)19-29(37)34(5)26-16-23-10-6-7-11-24(23)17-26/h6-7,10-13,15,20,26H,8-9,14,16-19H2,1-5H3,(H,31,36). The lowest BCUT2D eigenvalue weighted by Crippen LogP contribution is -2.47. The minimum Gasteiger partial charge on any atom is -0.355 e. The summed E-state index contributed by atoms with van der Waals surface area (Å²) in [5, 5.41) is 7.04. The van der Waals surface area contributed by atoms with E-state index in [1.807, 2.05) is 54.1 Å². The number of carbonyl (C=O) groups excluding carboxylic acids is 2. The third-order valence-corrected chi connectivity index (χ3v) is 7.23. The summed E-state index contributed by atoms with van der Waals surface area (Å²) in [5.41, 5.74) is 5.20. The van der Waals surface area contributed by atoms with E-state index in [-0.39, 0.29) is 30.9 Å². The van der Waals surface area contributed by atoms with E-state index in [0.717, 1.165) is 42.5 Å². The van der Waals surface area contributed by atoms with Crippen LogP contribution in [-0.4, -0.2) is 59.6 Å². The summed E-state index contributed by atoms with van der Waals surface area (Å²) in [6, 6.07) is 14.3. The fourth-order valence-electron chi connectivity index (χ4n) is 5.05. The SMILES string of the molecule is Cc1nc(-c2ccc(N(CC(=O)NCCCC(C)C)CC(=O)N(C)C3Cc4ccccc4C3)c(C)c2)no1. The van der Waals surface area contributed by atoms with Crippen LogP contribution in [0.15, 0.2) is 47.0 Å². The Bertz CT molecular complexity index is 1240. The fraction of sp³-hybridized carbons (Fsp3) is 0.467. The zero-order valence-electron chi connectivity index (χ0n) is 23.2.